The number of aromatic nitrogens is 3. The lowest BCUT2D eigenvalue weighted by Gasteiger charge is -2.29. The Morgan fingerprint density at radius 3 is 2.65 bits per heavy atom. The van der Waals surface area contributed by atoms with Crippen LogP contribution >= 0.6 is 0 Å². The summed E-state index contributed by atoms with van der Waals surface area (Å²) in [6.45, 7) is 2.52. The maximum atomic E-state index is 15.9. The van der Waals surface area contributed by atoms with Crippen LogP contribution in [0.1, 0.15) is 18.2 Å². The number of methoxy groups -OCH3 is 1. The highest BCUT2D eigenvalue weighted by Crippen LogP contribution is 2.39. The number of nitrogens with one attached hydrogen (secondary N) is 1. The lowest BCUT2D eigenvalue weighted by atomic mass is 9.97. The molecule has 1 atom stereocenters. The third kappa shape index (κ3) is 7.16. The third-order valence-corrected chi connectivity index (χ3v) is 7.44. The van der Waals surface area contributed by atoms with Crippen LogP contribution in [0.3, 0.4) is 0 Å². The van der Waals surface area contributed by atoms with Gasteiger partial charge in [-0.05, 0) is 36.2 Å². The first-order chi connectivity index (χ1) is 20.9. The molecular formula is C29H32F2N6O5S. The molecular weight excluding hydrogens is 582 g/mol. The molecule has 11 nitrogen and oxygen atoms in total. The number of morpholine rings is 1. The summed E-state index contributed by atoms with van der Waals surface area (Å²) in [6.07, 6.45) is -0.341. The highest BCUT2D eigenvalue weighted by molar-refractivity contribution is 7.70. The van der Waals surface area contributed by atoms with Crippen molar-refractivity contribution in [2.24, 2.45) is 0 Å². The number of ether oxygens (including phenoxy) is 3. The van der Waals surface area contributed by atoms with Gasteiger partial charge in [-0.1, -0.05) is 18.2 Å². The number of rotatable bonds is 12. The minimum absolute atomic E-state index is 0.150. The summed E-state index contributed by atoms with van der Waals surface area (Å²) in [5.41, 5.74) is 7.37. The van der Waals surface area contributed by atoms with Crippen molar-refractivity contribution in [3.8, 4) is 28.3 Å². The highest BCUT2D eigenvalue weighted by atomic mass is 32.2. The third-order valence-electron chi connectivity index (χ3n) is 6.96. The van der Waals surface area contributed by atoms with Gasteiger partial charge in [-0.15, -0.1) is 0 Å². The molecule has 0 saturated carbocycles. The van der Waals surface area contributed by atoms with Crippen LogP contribution < -0.4 is 20.1 Å². The first-order valence-electron chi connectivity index (χ1n) is 13.7. The molecule has 2 aromatic heterocycles. The van der Waals surface area contributed by atoms with E-state index in [2.05, 4.69) is 14.6 Å². The Bertz CT molecular complexity index is 1640. The number of benzene rings is 2. The first kappa shape index (κ1) is 30.5. The number of nitrogens with two attached hydrogens (primary N) is 1. The molecule has 43 heavy (non-hydrogen) atoms. The number of nitrogens with zero attached hydrogens (tertiary/aromatic N) is 4. The van der Waals surface area contributed by atoms with Crippen molar-refractivity contribution in [3.63, 3.8) is 0 Å². The summed E-state index contributed by atoms with van der Waals surface area (Å²) in [7, 11) is -1.31. The SMILES string of the molecule is COCCOc1cc(-c2cccc(C(F)CCN[SH](=O)=O)c2F)cc2c(N3CCOCC3)nc(-c3ccc(N)nc3)nc12. The Balaban J connectivity index is 1.66. The normalized spacial score (nSPS) is 14.4. The average Bonchev–Trinajstić information content (AvgIpc) is 3.01. The maximum Gasteiger partial charge on any atom is 0.201 e. The Morgan fingerprint density at radius 2 is 1.93 bits per heavy atom. The lowest BCUT2D eigenvalue weighted by molar-refractivity contribution is 0.122. The van der Waals surface area contributed by atoms with Crippen molar-refractivity contribution < 1.29 is 31.4 Å². The Labute approximate surface area is 249 Å². The number of hydrogen-bond acceptors (Lipinski definition) is 10. The standard InChI is InChI=1S/C29H32F2N6O5S/c1-40-13-14-42-24-16-19(20-3-2-4-21(26(20)31)23(30)7-8-34-43(38)39)15-22-27(24)35-28(18-5-6-25(32)33-17-18)36-29(22)37-9-11-41-12-10-37/h2-6,15-17,23,43H,7-14H2,1H3,(H2,32,33)(H,34,38,39). The van der Waals surface area contributed by atoms with E-state index in [4.69, 9.17) is 29.9 Å². The summed E-state index contributed by atoms with van der Waals surface area (Å²) in [6, 6.07) is 11.4. The molecule has 14 heteroatoms. The number of alkyl halides is 1. The number of hydrogen-bond donors (Lipinski definition) is 3. The molecule has 2 aromatic carbocycles. The second-order valence-corrected chi connectivity index (χ2v) is 10.6. The Kier molecular flexibility index (Phi) is 9.92. The topological polar surface area (TPSA) is 142 Å². The molecule has 0 spiro atoms. The van der Waals surface area contributed by atoms with Crippen molar-refractivity contribution >= 4 is 33.4 Å². The van der Waals surface area contributed by atoms with Gasteiger partial charge in [0.15, 0.2) is 5.82 Å². The van der Waals surface area contributed by atoms with Gasteiger partial charge in [0.2, 0.25) is 10.9 Å². The fraction of sp³-hybridized carbons (Fsp3) is 0.345. The fourth-order valence-electron chi connectivity index (χ4n) is 4.82. The van der Waals surface area contributed by atoms with E-state index in [1.165, 1.54) is 6.07 Å². The zero-order valence-corrected chi connectivity index (χ0v) is 24.4. The number of halogens is 2. The van der Waals surface area contributed by atoms with Gasteiger partial charge in [0.05, 0.1) is 19.8 Å². The van der Waals surface area contributed by atoms with Crippen LogP contribution in [0.2, 0.25) is 0 Å². The molecule has 228 valence electrons. The van der Waals surface area contributed by atoms with Crippen LogP contribution in [-0.2, 0) is 20.4 Å². The molecule has 1 fully saturated rings. The highest BCUT2D eigenvalue weighted by Gasteiger charge is 2.24. The quantitative estimate of drug-likeness (QED) is 0.160. The van der Waals surface area contributed by atoms with E-state index in [9.17, 15) is 8.42 Å². The monoisotopic (exact) mass is 614 g/mol. The smallest absolute Gasteiger partial charge is 0.201 e. The maximum absolute atomic E-state index is 15.9. The summed E-state index contributed by atoms with van der Waals surface area (Å²) >= 11 is 0. The summed E-state index contributed by atoms with van der Waals surface area (Å²) < 4.78 is 71.5. The molecule has 3 N–H and O–H groups in total. The summed E-state index contributed by atoms with van der Waals surface area (Å²) in [5, 5.41) is 0.615. The molecule has 0 amide bonds. The zero-order valence-electron chi connectivity index (χ0n) is 23.5. The minimum atomic E-state index is -2.87. The average molecular weight is 615 g/mol. The van der Waals surface area contributed by atoms with Crippen molar-refractivity contribution in [2.45, 2.75) is 12.6 Å². The van der Waals surface area contributed by atoms with Crippen molar-refractivity contribution in [1.29, 1.82) is 0 Å². The van der Waals surface area contributed by atoms with E-state index in [0.29, 0.717) is 78.1 Å². The van der Waals surface area contributed by atoms with Gasteiger partial charge in [-0.3, -0.25) is 0 Å². The molecule has 1 saturated heterocycles. The van der Waals surface area contributed by atoms with Gasteiger partial charge in [0.1, 0.15) is 41.5 Å². The number of anilines is 2. The van der Waals surface area contributed by atoms with E-state index in [1.54, 1.807) is 49.7 Å². The predicted octanol–water partition coefficient (Wildman–Crippen LogP) is 3.46. The van der Waals surface area contributed by atoms with E-state index >= 15 is 8.78 Å². The van der Waals surface area contributed by atoms with Crippen LogP contribution in [0.4, 0.5) is 20.4 Å². The number of thiol groups is 1. The molecule has 5 rings (SSSR count). The van der Waals surface area contributed by atoms with Crippen LogP contribution in [0.25, 0.3) is 33.4 Å². The van der Waals surface area contributed by atoms with Crippen LogP contribution in [-0.4, -0.2) is 76.5 Å². The molecule has 1 aliphatic heterocycles. The molecule has 0 radical (unpaired) electrons. The minimum Gasteiger partial charge on any atom is -0.489 e. The molecule has 4 aromatic rings. The fourth-order valence-corrected chi connectivity index (χ4v) is 5.13. The molecule has 3 heterocycles. The first-order valence-corrected chi connectivity index (χ1v) is 14.9. The van der Waals surface area contributed by atoms with Gasteiger partial charge in [-0.25, -0.2) is 36.9 Å². The Morgan fingerprint density at radius 1 is 1.12 bits per heavy atom. The van der Waals surface area contributed by atoms with Crippen LogP contribution in [0.5, 0.6) is 5.75 Å². The zero-order chi connectivity index (χ0) is 30.3. The van der Waals surface area contributed by atoms with Crippen LogP contribution in [0.15, 0.2) is 48.7 Å². The number of pyridine rings is 1. The van der Waals surface area contributed by atoms with Gasteiger partial charge in [0.25, 0.3) is 0 Å². The molecule has 1 unspecified atom stereocenters. The van der Waals surface area contributed by atoms with Crippen molar-refractivity contribution in [3.05, 3.63) is 60.0 Å². The number of fused-ring (bicyclic) bond motifs is 1. The summed E-state index contributed by atoms with van der Waals surface area (Å²) in [4.78, 5) is 16.0. The lowest BCUT2D eigenvalue weighted by Crippen LogP contribution is -2.37. The van der Waals surface area contributed by atoms with E-state index in [-0.39, 0.29) is 30.7 Å². The molecule has 1 aliphatic rings. The van der Waals surface area contributed by atoms with Gasteiger partial charge < -0.3 is 24.8 Å². The van der Waals surface area contributed by atoms with Crippen molar-refractivity contribution in [1.82, 2.24) is 19.7 Å². The second kappa shape index (κ2) is 14.0. The van der Waals surface area contributed by atoms with Gasteiger partial charge >= 0.3 is 0 Å². The van der Waals surface area contributed by atoms with Gasteiger partial charge in [0, 0.05) is 55.0 Å². The van der Waals surface area contributed by atoms with Crippen LogP contribution in [0, 0.1) is 5.82 Å². The van der Waals surface area contributed by atoms with Gasteiger partial charge in [-0.2, -0.15) is 0 Å². The second-order valence-electron chi connectivity index (χ2n) is 9.78. The molecule has 0 aliphatic carbocycles. The largest absolute Gasteiger partial charge is 0.489 e. The van der Waals surface area contributed by atoms with Crippen molar-refractivity contribution in [2.75, 3.05) is 63.8 Å². The Hall–Kier alpha value is -3.98. The van der Waals surface area contributed by atoms with E-state index < -0.39 is 22.9 Å². The predicted molar refractivity (Wildman–Crippen MR) is 160 cm³/mol. The van der Waals surface area contributed by atoms with E-state index in [0.717, 1.165) is 0 Å². The molecule has 0 bridgehead atoms. The number of nitrogen functional groups attached to an aromatic ring is 1. The summed E-state index contributed by atoms with van der Waals surface area (Å²) in [5.74, 6) is 1.00. The van der Waals surface area contributed by atoms with E-state index in [1.807, 2.05) is 0 Å².